The predicted octanol–water partition coefficient (Wildman–Crippen LogP) is 5.27. The van der Waals surface area contributed by atoms with Gasteiger partial charge in [-0.3, -0.25) is 4.79 Å². The van der Waals surface area contributed by atoms with E-state index in [0.717, 1.165) is 0 Å². The highest BCUT2D eigenvalue weighted by Gasteiger charge is 2.57. The minimum atomic E-state index is -4.80. The van der Waals surface area contributed by atoms with Crippen LogP contribution < -0.4 is 0 Å². The van der Waals surface area contributed by atoms with E-state index in [0.29, 0.717) is 17.3 Å². The monoisotopic (exact) mass is 344 g/mol. The van der Waals surface area contributed by atoms with E-state index < -0.39 is 41.5 Å². The van der Waals surface area contributed by atoms with E-state index >= 15 is 0 Å². The van der Waals surface area contributed by atoms with Crippen molar-refractivity contribution in [1.29, 1.82) is 0 Å². The normalized spacial score (nSPS) is 13.2. The Balaban J connectivity index is 2.51. The van der Waals surface area contributed by atoms with Crippen LogP contribution in [-0.4, -0.2) is 28.6 Å². The SMILES string of the molecule is CC(F)(F)C(F)(F)CC(F)(F)CCSC(=O)c1ccccc1. The maximum atomic E-state index is 13.4. The molecule has 0 atom stereocenters. The number of carbonyl (C=O) groups is 1. The minimum absolute atomic E-state index is 0.100. The Kier molecular flexibility index (Phi) is 5.95. The van der Waals surface area contributed by atoms with Crippen molar-refractivity contribution in [3.8, 4) is 0 Å². The van der Waals surface area contributed by atoms with Crippen molar-refractivity contribution < 1.29 is 31.1 Å². The summed E-state index contributed by atoms with van der Waals surface area (Å²) in [6.45, 7) is -0.100. The van der Waals surface area contributed by atoms with E-state index in [-0.39, 0.29) is 6.92 Å². The molecule has 1 nitrogen and oxygen atoms in total. The summed E-state index contributed by atoms with van der Waals surface area (Å²) >= 11 is 0.539. The van der Waals surface area contributed by atoms with E-state index in [1.807, 2.05) is 0 Å². The molecule has 22 heavy (non-hydrogen) atoms. The molecule has 0 unspecified atom stereocenters. The first-order valence-corrected chi connectivity index (χ1v) is 7.29. The van der Waals surface area contributed by atoms with Crippen LogP contribution in [0.1, 0.15) is 30.1 Å². The molecule has 0 aliphatic carbocycles. The van der Waals surface area contributed by atoms with Gasteiger partial charge in [-0.25, -0.2) is 17.6 Å². The van der Waals surface area contributed by atoms with Gasteiger partial charge < -0.3 is 0 Å². The zero-order valence-corrected chi connectivity index (χ0v) is 12.4. The first kappa shape index (κ1) is 18.9. The smallest absolute Gasteiger partial charge is 0.282 e. The third-order valence-electron chi connectivity index (χ3n) is 2.83. The molecule has 0 spiro atoms. The van der Waals surface area contributed by atoms with E-state index in [4.69, 9.17) is 0 Å². The molecular weight excluding hydrogens is 330 g/mol. The molecule has 0 amide bonds. The van der Waals surface area contributed by atoms with Crippen LogP contribution in [0.2, 0.25) is 0 Å². The van der Waals surface area contributed by atoms with Gasteiger partial charge in [-0.2, -0.15) is 8.78 Å². The van der Waals surface area contributed by atoms with Crippen LogP contribution in [0.4, 0.5) is 26.3 Å². The molecule has 0 fully saturated rings. The standard InChI is InChI=1S/C14H14F6OS/c1-12(15,16)14(19,20)9-13(17,18)7-8-22-11(21)10-5-3-2-4-6-10/h2-6H,7-9H2,1H3. The molecule has 1 aromatic carbocycles. The summed E-state index contributed by atoms with van der Waals surface area (Å²) in [6.07, 6.45) is -3.33. The lowest BCUT2D eigenvalue weighted by Crippen LogP contribution is -2.42. The fraction of sp³-hybridized carbons (Fsp3) is 0.500. The number of hydrogen-bond acceptors (Lipinski definition) is 2. The Morgan fingerprint density at radius 1 is 1.05 bits per heavy atom. The third-order valence-corrected chi connectivity index (χ3v) is 3.74. The molecule has 0 saturated carbocycles. The molecule has 0 aromatic heterocycles. The first-order chi connectivity index (χ1) is 9.95. The van der Waals surface area contributed by atoms with Crippen LogP contribution in [0.5, 0.6) is 0 Å². The zero-order chi connectivity index (χ0) is 17.0. The lowest BCUT2D eigenvalue weighted by molar-refractivity contribution is -0.230. The largest absolute Gasteiger partial charge is 0.315 e. The second-order valence-corrected chi connectivity index (χ2v) is 5.95. The maximum absolute atomic E-state index is 13.4. The van der Waals surface area contributed by atoms with Gasteiger partial charge >= 0.3 is 11.8 Å². The zero-order valence-electron chi connectivity index (χ0n) is 11.6. The van der Waals surface area contributed by atoms with Gasteiger partial charge in [-0.1, -0.05) is 42.1 Å². The van der Waals surface area contributed by atoms with Crippen molar-refractivity contribution in [2.24, 2.45) is 0 Å². The number of thioether (sulfide) groups is 1. The summed E-state index contributed by atoms with van der Waals surface area (Å²) in [6, 6.07) is 7.82. The Morgan fingerprint density at radius 3 is 2.09 bits per heavy atom. The van der Waals surface area contributed by atoms with Crippen molar-refractivity contribution in [1.82, 2.24) is 0 Å². The van der Waals surface area contributed by atoms with Crippen LogP contribution in [-0.2, 0) is 0 Å². The Bertz CT molecular complexity index is 498. The van der Waals surface area contributed by atoms with Gasteiger partial charge in [0, 0.05) is 24.7 Å². The molecule has 8 heteroatoms. The lowest BCUT2D eigenvalue weighted by atomic mass is 10.0. The van der Waals surface area contributed by atoms with Crippen molar-refractivity contribution in [3.05, 3.63) is 35.9 Å². The third kappa shape index (κ3) is 5.55. The molecule has 1 aromatic rings. The van der Waals surface area contributed by atoms with Crippen molar-refractivity contribution >= 4 is 16.9 Å². The molecule has 1 rings (SSSR count). The van der Waals surface area contributed by atoms with Gasteiger partial charge in [0.1, 0.15) is 0 Å². The van der Waals surface area contributed by atoms with Crippen LogP contribution in [0.3, 0.4) is 0 Å². The Morgan fingerprint density at radius 2 is 1.59 bits per heavy atom. The summed E-state index contributed by atoms with van der Waals surface area (Å²) in [5.41, 5.74) is 0.293. The average Bonchev–Trinajstić information content (AvgIpc) is 2.36. The first-order valence-electron chi connectivity index (χ1n) is 6.30. The Labute approximate surface area is 128 Å². The molecule has 0 N–H and O–H groups in total. The quantitative estimate of drug-likeness (QED) is 0.627. The number of halogens is 6. The maximum Gasteiger partial charge on any atom is 0.315 e. The number of hydrogen-bond donors (Lipinski definition) is 0. The lowest BCUT2D eigenvalue weighted by Gasteiger charge is -2.27. The van der Waals surface area contributed by atoms with Gasteiger partial charge in [-0.15, -0.1) is 0 Å². The summed E-state index contributed by atoms with van der Waals surface area (Å²) in [7, 11) is 0. The molecule has 0 radical (unpaired) electrons. The highest BCUT2D eigenvalue weighted by molar-refractivity contribution is 8.14. The predicted molar refractivity (Wildman–Crippen MR) is 73.0 cm³/mol. The van der Waals surface area contributed by atoms with E-state index in [1.54, 1.807) is 18.2 Å². The summed E-state index contributed by atoms with van der Waals surface area (Å²) in [5.74, 6) is -13.7. The topological polar surface area (TPSA) is 17.1 Å². The van der Waals surface area contributed by atoms with Crippen molar-refractivity contribution in [3.63, 3.8) is 0 Å². The molecule has 124 valence electrons. The average molecular weight is 344 g/mol. The molecule has 0 aliphatic heterocycles. The number of alkyl halides is 6. The van der Waals surface area contributed by atoms with Crippen LogP contribution in [0, 0.1) is 0 Å². The van der Waals surface area contributed by atoms with E-state index in [2.05, 4.69) is 0 Å². The highest BCUT2D eigenvalue weighted by Crippen LogP contribution is 2.42. The van der Waals surface area contributed by atoms with Crippen molar-refractivity contribution in [2.45, 2.75) is 37.5 Å². The van der Waals surface area contributed by atoms with E-state index in [1.165, 1.54) is 12.1 Å². The molecule has 0 saturated heterocycles. The van der Waals surface area contributed by atoms with Gasteiger partial charge in [0.2, 0.25) is 5.12 Å². The van der Waals surface area contributed by atoms with Crippen LogP contribution in [0.25, 0.3) is 0 Å². The Hall–Kier alpha value is -1.18. The molecular formula is C14H14F6OS. The van der Waals surface area contributed by atoms with Crippen molar-refractivity contribution in [2.75, 3.05) is 5.75 Å². The van der Waals surface area contributed by atoms with Crippen LogP contribution >= 0.6 is 11.8 Å². The molecule has 0 bridgehead atoms. The minimum Gasteiger partial charge on any atom is -0.282 e. The highest BCUT2D eigenvalue weighted by atomic mass is 32.2. The molecule has 0 heterocycles. The van der Waals surface area contributed by atoms with Crippen LogP contribution in [0.15, 0.2) is 30.3 Å². The van der Waals surface area contributed by atoms with Gasteiger partial charge in [-0.05, 0) is 0 Å². The second kappa shape index (κ2) is 6.93. The van der Waals surface area contributed by atoms with E-state index in [9.17, 15) is 31.1 Å². The fourth-order valence-corrected chi connectivity index (χ4v) is 2.41. The summed E-state index contributed by atoms with van der Waals surface area (Å²) in [4.78, 5) is 11.6. The van der Waals surface area contributed by atoms with Gasteiger partial charge in [0.15, 0.2) is 0 Å². The van der Waals surface area contributed by atoms with Gasteiger partial charge in [0.25, 0.3) is 5.92 Å². The number of rotatable bonds is 7. The molecule has 0 aliphatic rings. The second-order valence-electron chi connectivity index (χ2n) is 4.88. The fourth-order valence-electron chi connectivity index (χ4n) is 1.52. The summed E-state index contributed by atoms with van der Waals surface area (Å²) in [5, 5.41) is -0.482. The number of benzene rings is 1. The summed E-state index contributed by atoms with van der Waals surface area (Å²) < 4.78 is 77.8. The van der Waals surface area contributed by atoms with Gasteiger partial charge in [0.05, 0.1) is 6.42 Å². The number of carbonyl (C=O) groups excluding carboxylic acids is 1.